The minimum absolute atomic E-state index is 0.0797. The number of carbonyl (C=O) groups excluding carboxylic acids is 1. The van der Waals surface area contributed by atoms with Gasteiger partial charge in [0.2, 0.25) is 16.2 Å². The molecule has 0 fully saturated rings. The zero-order valence-electron chi connectivity index (χ0n) is 17.3. The lowest BCUT2D eigenvalue weighted by Crippen LogP contribution is -2.16. The molecule has 0 unspecified atom stereocenters. The number of aryl methyl sites for hydroxylation is 1. The van der Waals surface area contributed by atoms with Crippen molar-refractivity contribution in [3.8, 4) is 0 Å². The zero-order valence-corrected chi connectivity index (χ0v) is 19.8. The van der Waals surface area contributed by atoms with Crippen molar-refractivity contribution in [2.75, 3.05) is 22.3 Å². The summed E-state index contributed by atoms with van der Waals surface area (Å²) in [6.45, 7) is 1.84. The molecule has 1 aromatic carbocycles. The second-order valence-corrected chi connectivity index (χ2v) is 9.62. The number of hydrogen-bond acceptors (Lipinski definition) is 12. The van der Waals surface area contributed by atoms with Crippen LogP contribution in [0.25, 0.3) is 0 Å². The van der Waals surface area contributed by atoms with Gasteiger partial charge >= 0.3 is 0 Å². The highest BCUT2D eigenvalue weighted by Gasteiger charge is 2.14. The van der Waals surface area contributed by atoms with Gasteiger partial charge in [-0.15, -0.1) is 20.4 Å². The molecule has 0 aliphatic rings. The number of rotatable bonds is 10. The highest BCUT2D eigenvalue weighted by molar-refractivity contribution is 8.00. The van der Waals surface area contributed by atoms with E-state index in [1.54, 1.807) is 17.8 Å². The Kier molecular flexibility index (Phi) is 7.59. The lowest BCUT2D eigenvalue weighted by atomic mass is 10.2. The lowest BCUT2D eigenvalue weighted by molar-refractivity contribution is -0.113. The van der Waals surface area contributed by atoms with Gasteiger partial charge in [0, 0.05) is 5.75 Å². The van der Waals surface area contributed by atoms with Gasteiger partial charge in [-0.05, 0) is 24.6 Å². The van der Waals surface area contributed by atoms with Gasteiger partial charge in [-0.25, -0.2) is 10.1 Å². The number of nitrogens with two attached hydrogens (primary N) is 1. The average molecular weight is 502 g/mol. The summed E-state index contributed by atoms with van der Waals surface area (Å²) >= 11 is 4.03. The first-order chi connectivity index (χ1) is 16.1. The van der Waals surface area contributed by atoms with E-state index in [1.807, 2.05) is 31.2 Å². The maximum Gasteiger partial charge on any atom is 0.264 e. The van der Waals surface area contributed by atoms with Gasteiger partial charge in [0.25, 0.3) is 5.95 Å². The lowest BCUT2D eigenvalue weighted by Gasteiger charge is -2.02. The number of furan rings is 1. The second kappa shape index (κ2) is 11.0. The molecule has 0 saturated heterocycles. The first kappa shape index (κ1) is 22.8. The summed E-state index contributed by atoms with van der Waals surface area (Å²) in [5.74, 6) is 8.18. The monoisotopic (exact) mass is 501 g/mol. The highest BCUT2D eigenvalue weighted by atomic mass is 32.2. The highest BCUT2D eigenvalue weighted by Crippen LogP contribution is 2.28. The van der Waals surface area contributed by atoms with E-state index in [-0.39, 0.29) is 17.6 Å². The first-order valence-electron chi connectivity index (χ1n) is 9.56. The van der Waals surface area contributed by atoms with Crippen LogP contribution < -0.4 is 16.6 Å². The molecule has 0 bridgehead atoms. The van der Waals surface area contributed by atoms with Crippen LogP contribution >= 0.6 is 34.9 Å². The Morgan fingerprint density at radius 2 is 2.03 bits per heavy atom. The van der Waals surface area contributed by atoms with E-state index in [4.69, 9.17) is 10.3 Å². The zero-order chi connectivity index (χ0) is 23.0. The molecule has 0 aliphatic heterocycles. The molecule has 14 heteroatoms. The van der Waals surface area contributed by atoms with Crippen LogP contribution in [0, 0.1) is 6.92 Å². The van der Waals surface area contributed by atoms with E-state index < -0.39 is 0 Å². The number of nitrogens with one attached hydrogen (secondary N) is 2. The third-order valence-corrected chi connectivity index (χ3v) is 6.96. The predicted octanol–water partition coefficient (Wildman–Crippen LogP) is 3.21. The van der Waals surface area contributed by atoms with Crippen molar-refractivity contribution in [1.29, 1.82) is 0 Å². The number of hydrogen-bond donors (Lipinski definition) is 3. The molecular weight excluding hydrogens is 482 g/mol. The minimum atomic E-state index is -0.250. The smallest absolute Gasteiger partial charge is 0.264 e. The third kappa shape index (κ3) is 6.57. The molecule has 11 nitrogen and oxygen atoms in total. The number of carbonyl (C=O) groups is 1. The van der Waals surface area contributed by atoms with Crippen LogP contribution in [0.1, 0.15) is 17.1 Å². The van der Waals surface area contributed by atoms with Crippen LogP contribution in [-0.4, -0.2) is 42.9 Å². The minimum Gasteiger partial charge on any atom is -0.460 e. The van der Waals surface area contributed by atoms with Gasteiger partial charge in [0.05, 0.1) is 12.0 Å². The van der Waals surface area contributed by atoms with E-state index in [0.29, 0.717) is 16.0 Å². The molecule has 0 atom stereocenters. The normalized spacial score (nSPS) is 11.2. The van der Waals surface area contributed by atoms with E-state index in [2.05, 4.69) is 48.4 Å². The topological polar surface area (TPSA) is 149 Å². The Hall–Kier alpha value is -3.36. The molecular formula is C19H19N9O2S3. The number of benzene rings is 1. The number of nitrogen functional groups attached to an aromatic ring is 1. The molecule has 4 N–H and O–H groups in total. The Morgan fingerprint density at radius 3 is 2.82 bits per heavy atom. The largest absolute Gasteiger partial charge is 0.460 e. The Morgan fingerprint density at radius 1 is 1.18 bits per heavy atom. The van der Waals surface area contributed by atoms with Gasteiger partial charge in [-0.2, -0.15) is 5.10 Å². The Labute approximate surface area is 201 Å². The number of amides is 1. The van der Waals surface area contributed by atoms with E-state index in [0.717, 1.165) is 27.6 Å². The average Bonchev–Trinajstić information content (AvgIpc) is 3.53. The summed E-state index contributed by atoms with van der Waals surface area (Å²) in [7, 11) is 0. The van der Waals surface area contributed by atoms with Crippen LogP contribution in [0.3, 0.4) is 0 Å². The molecule has 170 valence electrons. The van der Waals surface area contributed by atoms with E-state index in [1.165, 1.54) is 27.8 Å². The van der Waals surface area contributed by atoms with Crippen molar-refractivity contribution in [1.82, 2.24) is 25.1 Å². The van der Waals surface area contributed by atoms with Gasteiger partial charge in [-0.3, -0.25) is 10.1 Å². The number of anilines is 2. The maximum absolute atomic E-state index is 12.3. The predicted molar refractivity (Wildman–Crippen MR) is 130 cm³/mol. The quantitative estimate of drug-likeness (QED) is 0.0972. The van der Waals surface area contributed by atoms with Crippen molar-refractivity contribution in [3.63, 3.8) is 0 Å². The second-order valence-electron chi connectivity index (χ2n) is 6.48. The van der Waals surface area contributed by atoms with E-state index in [9.17, 15) is 4.79 Å². The summed E-state index contributed by atoms with van der Waals surface area (Å²) in [6, 6.07) is 13.7. The number of aromatic nitrogens is 5. The summed E-state index contributed by atoms with van der Waals surface area (Å²) < 4.78 is 7.38. The van der Waals surface area contributed by atoms with Gasteiger partial charge in [0.15, 0.2) is 4.34 Å². The molecule has 3 heterocycles. The van der Waals surface area contributed by atoms with Crippen molar-refractivity contribution in [3.05, 3.63) is 59.5 Å². The fourth-order valence-electron chi connectivity index (χ4n) is 2.45. The summed E-state index contributed by atoms with van der Waals surface area (Å²) in [6.07, 6.45) is 1.50. The maximum atomic E-state index is 12.3. The van der Waals surface area contributed by atoms with Gasteiger partial charge in [-0.1, -0.05) is 65.2 Å². The molecule has 0 radical (unpaired) electrons. The van der Waals surface area contributed by atoms with Crippen LogP contribution in [0.15, 0.2) is 61.5 Å². The van der Waals surface area contributed by atoms with Crippen molar-refractivity contribution in [2.45, 2.75) is 22.2 Å². The number of nitrogens with zero attached hydrogens (tertiary/aromatic N) is 6. The molecule has 0 saturated carbocycles. The van der Waals surface area contributed by atoms with Crippen LogP contribution in [0.4, 0.5) is 11.1 Å². The summed E-state index contributed by atoms with van der Waals surface area (Å²) in [5.41, 5.74) is 3.88. The van der Waals surface area contributed by atoms with Crippen LogP contribution in [0.2, 0.25) is 0 Å². The molecule has 3 aromatic heterocycles. The molecule has 1 amide bonds. The van der Waals surface area contributed by atoms with Crippen LogP contribution in [0.5, 0.6) is 0 Å². The standard InChI is InChI=1S/C19H19N9O2S3/c1-12-7-8-14(30-12)9-21-23-16-24-26-18(28(16)20)31-11-15(29)22-17-25-27-19(33-17)32-10-13-5-3-2-4-6-13/h2-9H,10-11,20H2,1H3,(H,23,24)(H,22,25,29)/b21-9+. The van der Waals surface area contributed by atoms with Crippen molar-refractivity contribution >= 4 is 58.1 Å². The fourth-order valence-corrected chi connectivity index (χ4v) is 4.83. The molecule has 4 aromatic rings. The number of hydrazone groups is 1. The van der Waals surface area contributed by atoms with Crippen molar-refractivity contribution in [2.24, 2.45) is 5.10 Å². The van der Waals surface area contributed by atoms with Crippen molar-refractivity contribution < 1.29 is 9.21 Å². The van der Waals surface area contributed by atoms with Gasteiger partial charge < -0.3 is 10.3 Å². The molecule has 4 rings (SSSR count). The SMILES string of the molecule is Cc1ccc(/C=N/Nc2nnc(SCC(=O)Nc3nnc(SCc4ccccc4)s3)n2N)o1. The molecule has 0 spiro atoms. The van der Waals surface area contributed by atoms with E-state index >= 15 is 0 Å². The summed E-state index contributed by atoms with van der Waals surface area (Å²) in [5, 5.41) is 23.6. The van der Waals surface area contributed by atoms with Gasteiger partial charge in [0.1, 0.15) is 11.5 Å². The molecule has 0 aliphatic carbocycles. The fraction of sp³-hybridized carbons (Fsp3) is 0.158. The Bertz CT molecular complexity index is 1240. The Balaban J connectivity index is 1.23. The first-order valence-corrected chi connectivity index (χ1v) is 12.3. The summed E-state index contributed by atoms with van der Waals surface area (Å²) in [4.78, 5) is 12.3. The molecule has 33 heavy (non-hydrogen) atoms. The third-order valence-electron chi connectivity index (χ3n) is 3.97. The van der Waals surface area contributed by atoms with Crippen LogP contribution in [-0.2, 0) is 10.5 Å². The number of thioether (sulfide) groups is 2.